The molecule has 67 heavy (non-hydrogen) atoms. The van der Waals surface area contributed by atoms with Crippen molar-refractivity contribution in [3.8, 4) is 55.6 Å². The molecule has 5 heteroatoms. The lowest BCUT2D eigenvalue weighted by molar-refractivity contribution is 1.02. The third-order valence-electron chi connectivity index (χ3n) is 13.5. The second-order valence-corrected chi connectivity index (χ2v) is 18.4. The fraction of sp³-hybridized carbons (Fsp3) is 0. The van der Waals surface area contributed by atoms with Crippen LogP contribution in [0, 0.1) is 0 Å². The van der Waals surface area contributed by atoms with Crippen molar-refractivity contribution in [3.63, 3.8) is 0 Å². The van der Waals surface area contributed by atoms with Crippen molar-refractivity contribution in [2.75, 3.05) is 0 Å². The Labute approximate surface area is 389 Å². The summed E-state index contributed by atoms with van der Waals surface area (Å²) >= 11 is 1.75. The fourth-order valence-electron chi connectivity index (χ4n) is 10.5. The highest BCUT2D eigenvalue weighted by Crippen LogP contribution is 2.45. The average Bonchev–Trinajstić information content (AvgIpc) is 4.10. The first kappa shape index (κ1) is 37.7. The van der Waals surface area contributed by atoms with Gasteiger partial charge in [-0.1, -0.05) is 182 Å². The molecule has 14 rings (SSSR count). The monoisotopic (exact) mass is 870 g/mol. The van der Waals surface area contributed by atoms with E-state index in [1.54, 1.807) is 11.3 Å². The third kappa shape index (κ3) is 5.92. The molecule has 10 aromatic carbocycles. The van der Waals surface area contributed by atoms with Crippen molar-refractivity contribution >= 4 is 86.7 Å². The van der Waals surface area contributed by atoms with Crippen LogP contribution in [0.5, 0.6) is 0 Å². The highest BCUT2D eigenvalue weighted by Gasteiger charge is 2.23. The van der Waals surface area contributed by atoms with Crippen molar-refractivity contribution in [2.24, 2.45) is 0 Å². The molecule has 4 nitrogen and oxygen atoms in total. The first-order valence-electron chi connectivity index (χ1n) is 22.7. The number of para-hydroxylation sites is 1. The van der Waals surface area contributed by atoms with Gasteiger partial charge in [-0.3, -0.25) is 4.57 Å². The summed E-state index contributed by atoms with van der Waals surface area (Å²) in [5.74, 6) is 0.648. The van der Waals surface area contributed by atoms with E-state index in [0.29, 0.717) is 5.95 Å². The van der Waals surface area contributed by atoms with E-state index in [-0.39, 0.29) is 0 Å². The Bertz CT molecular complexity index is 4240. The van der Waals surface area contributed by atoms with Gasteiger partial charge in [0.1, 0.15) is 0 Å². The molecule has 4 aromatic heterocycles. The zero-order valence-electron chi connectivity index (χ0n) is 36.1. The Morgan fingerprint density at radius 3 is 1.64 bits per heavy atom. The van der Waals surface area contributed by atoms with E-state index in [4.69, 9.17) is 9.97 Å². The van der Waals surface area contributed by atoms with Crippen LogP contribution in [0.1, 0.15) is 0 Å². The molecule has 0 aliphatic heterocycles. The van der Waals surface area contributed by atoms with E-state index in [1.165, 1.54) is 71.0 Å². The predicted octanol–water partition coefficient (Wildman–Crippen LogP) is 16.9. The first-order valence-corrected chi connectivity index (χ1v) is 23.5. The first-order chi connectivity index (χ1) is 33.2. The highest BCUT2D eigenvalue weighted by molar-refractivity contribution is 7.22. The maximum absolute atomic E-state index is 5.58. The summed E-state index contributed by atoms with van der Waals surface area (Å²) in [6.45, 7) is 0. The van der Waals surface area contributed by atoms with Gasteiger partial charge < -0.3 is 4.57 Å². The van der Waals surface area contributed by atoms with Gasteiger partial charge in [-0.15, -0.1) is 11.3 Å². The number of benzene rings is 10. The SMILES string of the molecule is c1ccc(-c2ccc(-c3nc(-n4c5ccc(-c6cccc7c6c6c8ccccc8ccc6n7-c6ccccc6)cc5c5c6ccccc6ccc54)nc4cc(-c5ccccc5)sc34)cc2)cc1. The van der Waals surface area contributed by atoms with Crippen LogP contribution in [0.2, 0.25) is 0 Å². The highest BCUT2D eigenvalue weighted by atomic mass is 32.1. The number of rotatable bonds is 6. The maximum Gasteiger partial charge on any atom is 0.235 e. The second-order valence-electron chi connectivity index (χ2n) is 17.3. The number of nitrogens with zero attached hydrogens (tertiary/aromatic N) is 4. The third-order valence-corrected chi connectivity index (χ3v) is 14.7. The van der Waals surface area contributed by atoms with Crippen LogP contribution in [-0.2, 0) is 0 Å². The molecule has 0 fully saturated rings. The molecule has 0 N–H and O–H groups in total. The quantitative estimate of drug-likeness (QED) is 0.167. The van der Waals surface area contributed by atoms with Gasteiger partial charge in [-0.05, 0) is 97.9 Å². The summed E-state index contributed by atoms with van der Waals surface area (Å²) in [5, 5.41) is 9.72. The summed E-state index contributed by atoms with van der Waals surface area (Å²) in [5.41, 5.74) is 14.4. The zero-order valence-corrected chi connectivity index (χ0v) is 37.0. The van der Waals surface area contributed by atoms with E-state index in [9.17, 15) is 0 Å². The molecule has 0 saturated carbocycles. The predicted molar refractivity (Wildman–Crippen MR) is 283 cm³/mol. The van der Waals surface area contributed by atoms with Crippen molar-refractivity contribution < 1.29 is 0 Å². The molecule has 0 spiro atoms. The van der Waals surface area contributed by atoms with Gasteiger partial charge in [0.25, 0.3) is 0 Å². The Hall–Kier alpha value is -8.64. The molecule has 0 bridgehead atoms. The molecule has 0 atom stereocenters. The van der Waals surface area contributed by atoms with Crippen LogP contribution in [0.15, 0.2) is 231 Å². The van der Waals surface area contributed by atoms with E-state index in [1.807, 2.05) is 0 Å². The summed E-state index contributed by atoms with van der Waals surface area (Å²) in [6, 6.07) is 83.3. The molecule has 0 unspecified atom stereocenters. The minimum absolute atomic E-state index is 0.648. The molecule has 0 amide bonds. The molecular weight excluding hydrogens is 833 g/mol. The molecule has 4 heterocycles. The van der Waals surface area contributed by atoms with Gasteiger partial charge in [0, 0.05) is 37.7 Å². The Balaban J connectivity index is 1.04. The van der Waals surface area contributed by atoms with E-state index in [0.717, 1.165) is 54.0 Å². The lowest BCUT2D eigenvalue weighted by Crippen LogP contribution is -2.02. The van der Waals surface area contributed by atoms with Crippen LogP contribution >= 0.6 is 11.3 Å². The number of hydrogen-bond donors (Lipinski definition) is 0. The lowest BCUT2D eigenvalue weighted by atomic mass is 9.95. The number of thiophene rings is 1. The largest absolute Gasteiger partial charge is 0.309 e. The van der Waals surface area contributed by atoms with Crippen LogP contribution < -0.4 is 0 Å². The van der Waals surface area contributed by atoms with Crippen molar-refractivity contribution in [3.05, 3.63) is 231 Å². The molecule has 312 valence electrons. The van der Waals surface area contributed by atoms with Gasteiger partial charge in [-0.2, -0.15) is 0 Å². The molecule has 0 aliphatic rings. The smallest absolute Gasteiger partial charge is 0.235 e. The minimum Gasteiger partial charge on any atom is -0.309 e. The molecular formula is C62H38N4S. The molecule has 0 saturated heterocycles. The van der Waals surface area contributed by atoms with Crippen molar-refractivity contribution in [1.29, 1.82) is 0 Å². The number of hydrogen-bond acceptors (Lipinski definition) is 3. The number of aromatic nitrogens is 4. The Kier molecular flexibility index (Phi) is 8.42. The average molecular weight is 871 g/mol. The summed E-state index contributed by atoms with van der Waals surface area (Å²) in [4.78, 5) is 12.2. The molecule has 0 aliphatic carbocycles. The zero-order chi connectivity index (χ0) is 44.0. The van der Waals surface area contributed by atoms with Gasteiger partial charge in [0.15, 0.2) is 0 Å². The van der Waals surface area contributed by atoms with Gasteiger partial charge in [0.05, 0.1) is 38.0 Å². The maximum atomic E-state index is 5.58. The molecule has 14 aromatic rings. The second kappa shape index (κ2) is 15.0. The van der Waals surface area contributed by atoms with Gasteiger partial charge in [-0.25, -0.2) is 9.97 Å². The standard InChI is InChI=1S/C62H38N4S/c1-4-15-39(16-5-1)40-27-29-44(30-28-40)60-61-51(38-56(67-61)43-19-6-2-7-20-43)63-62(64-60)66-52-34-33-45(37-50(52)57-47-23-12-10-17-41(47)31-35-54(57)66)49-25-14-26-53-59(49)58-48-24-13-11-18-42(48)32-36-55(58)65(53)46-21-8-3-9-22-46/h1-38H. The van der Waals surface area contributed by atoms with Crippen molar-refractivity contribution in [2.45, 2.75) is 0 Å². The summed E-state index contributed by atoms with van der Waals surface area (Å²) in [6.07, 6.45) is 0. The van der Waals surface area contributed by atoms with E-state index < -0.39 is 0 Å². The fourth-order valence-corrected chi connectivity index (χ4v) is 11.6. The van der Waals surface area contributed by atoms with Gasteiger partial charge in [0.2, 0.25) is 5.95 Å². The lowest BCUT2D eigenvalue weighted by Gasteiger charge is -2.11. The summed E-state index contributed by atoms with van der Waals surface area (Å²) in [7, 11) is 0. The van der Waals surface area contributed by atoms with Crippen LogP contribution in [0.3, 0.4) is 0 Å². The summed E-state index contributed by atoms with van der Waals surface area (Å²) < 4.78 is 5.78. The number of fused-ring (bicyclic) bond motifs is 11. The van der Waals surface area contributed by atoms with Crippen LogP contribution in [0.4, 0.5) is 0 Å². The molecule has 0 radical (unpaired) electrons. The topological polar surface area (TPSA) is 35.6 Å². The normalized spacial score (nSPS) is 11.9. The van der Waals surface area contributed by atoms with Crippen LogP contribution in [-0.4, -0.2) is 19.1 Å². The van der Waals surface area contributed by atoms with E-state index in [2.05, 4.69) is 240 Å². The Morgan fingerprint density at radius 2 is 0.910 bits per heavy atom. The minimum atomic E-state index is 0.648. The van der Waals surface area contributed by atoms with Crippen LogP contribution in [0.25, 0.3) is 131 Å². The van der Waals surface area contributed by atoms with Crippen molar-refractivity contribution in [1.82, 2.24) is 19.1 Å². The Morgan fingerprint density at radius 1 is 0.343 bits per heavy atom. The van der Waals surface area contributed by atoms with Gasteiger partial charge >= 0.3 is 0 Å². The van der Waals surface area contributed by atoms with E-state index >= 15 is 0 Å².